The molecule has 0 radical (unpaired) electrons. The van der Waals surface area contributed by atoms with E-state index in [1.807, 2.05) is 13.8 Å². The van der Waals surface area contributed by atoms with Crippen LogP contribution in [0, 0.1) is 11.8 Å². The van der Waals surface area contributed by atoms with Crippen LogP contribution in [0.3, 0.4) is 0 Å². The third kappa shape index (κ3) is 3.76. The van der Waals surface area contributed by atoms with E-state index < -0.39 is 5.60 Å². The van der Waals surface area contributed by atoms with Gasteiger partial charge in [0.2, 0.25) is 0 Å². The van der Waals surface area contributed by atoms with Gasteiger partial charge in [-0.3, -0.25) is 0 Å². The van der Waals surface area contributed by atoms with E-state index in [1.54, 1.807) is 0 Å². The fourth-order valence-electron chi connectivity index (χ4n) is 2.65. The summed E-state index contributed by atoms with van der Waals surface area (Å²) in [5.74, 6) is 1.25. The average molecular weight is 214 g/mol. The molecule has 1 aliphatic rings. The summed E-state index contributed by atoms with van der Waals surface area (Å²) in [5.41, 5.74) is -0.621. The molecule has 2 heteroatoms. The molecule has 1 rings (SSSR count). The lowest BCUT2D eigenvalue weighted by atomic mass is 9.73. The van der Waals surface area contributed by atoms with Crippen molar-refractivity contribution in [1.82, 2.24) is 0 Å². The van der Waals surface area contributed by atoms with Gasteiger partial charge in [0.25, 0.3) is 0 Å². The van der Waals surface area contributed by atoms with Gasteiger partial charge < -0.3 is 9.84 Å². The first-order valence-electron chi connectivity index (χ1n) is 6.40. The molecule has 1 saturated carbocycles. The second-order valence-corrected chi connectivity index (χ2v) is 5.13. The SMILES string of the molecule is CCOCC(C)(O)C1CCCC(CC)C1. The Kier molecular flexibility index (Phi) is 5.07. The normalized spacial score (nSPS) is 31.2. The van der Waals surface area contributed by atoms with E-state index in [-0.39, 0.29) is 0 Å². The highest BCUT2D eigenvalue weighted by Crippen LogP contribution is 2.37. The van der Waals surface area contributed by atoms with Gasteiger partial charge in [-0.05, 0) is 38.5 Å². The molecule has 15 heavy (non-hydrogen) atoms. The zero-order chi connectivity index (χ0) is 11.3. The third-order valence-corrected chi connectivity index (χ3v) is 3.84. The fourth-order valence-corrected chi connectivity index (χ4v) is 2.65. The summed E-state index contributed by atoms with van der Waals surface area (Å²) in [6.07, 6.45) is 6.21. The van der Waals surface area contributed by atoms with Crippen LogP contribution in [-0.2, 0) is 4.74 Å². The van der Waals surface area contributed by atoms with Crippen LogP contribution in [0.4, 0.5) is 0 Å². The Hall–Kier alpha value is -0.0800. The van der Waals surface area contributed by atoms with Crippen molar-refractivity contribution >= 4 is 0 Å². The Labute approximate surface area is 94.0 Å². The molecule has 1 N–H and O–H groups in total. The molecule has 0 aromatic heterocycles. The van der Waals surface area contributed by atoms with Gasteiger partial charge in [-0.15, -0.1) is 0 Å². The standard InChI is InChI=1S/C13H26O2/c1-4-11-7-6-8-12(9-11)13(3,14)10-15-5-2/h11-12,14H,4-10H2,1-3H3. The van der Waals surface area contributed by atoms with Crippen LogP contribution < -0.4 is 0 Å². The summed E-state index contributed by atoms with van der Waals surface area (Å²) in [5, 5.41) is 10.4. The lowest BCUT2D eigenvalue weighted by Crippen LogP contribution is -2.41. The largest absolute Gasteiger partial charge is 0.387 e. The summed E-state index contributed by atoms with van der Waals surface area (Å²) in [6.45, 7) is 7.35. The van der Waals surface area contributed by atoms with E-state index >= 15 is 0 Å². The minimum Gasteiger partial charge on any atom is -0.387 e. The molecule has 0 aliphatic heterocycles. The Bertz CT molecular complexity index is 177. The summed E-state index contributed by atoms with van der Waals surface area (Å²) < 4.78 is 5.37. The van der Waals surface area contributed by atoms with E-state index in [1.165, 1.54) is 25.7 Å². The number of hydrogen-bond donors (Lipinski definition) is 1. The van der Waals surface area contributed by atoms with Crippen molar-refractivity contribution in [3.63, 3.8) is 0 Å². The van der Waals surface area contributed by atoms with Crippen molar-refractivity contribution in [1.29, 1.82) is 0 Å². The van der Waals surface area contributed by atoms with Crippen molar-refractivity contribution in [3.8, 4) is 0 Å². The molecule has 1 aliphatic carbocycles. The summed E-state index contributed by atoms with van der Waals surface area (Å²) in [7, 11) is 0. The molecule has 0 spiro atoms. The third-order valence-electron chi connectivity index (χ3n) is 3.84. The van der Waals surface area contributed by atoms with Gasteiger partial charge in [-0.1, -0.05) is 26.2 Å². The van der Waals surface area contributed by atoms with Crippen LogP contribution in [0.1, 0.15) is 52.9 Å². The van der Waals surface area contributed by atoms with Gasteiger partial charge in [0.05, 0.1) is 12.2 Å². The minimum absolute atomic E-state index is 0.433. The molecular formula is C13H26O2. The summed E-state index contributed by atoms with van der Waals surface area (Å²) in [6, 6.07) is 0. The highest BCUT2D eigenvalue weighted by Gasteiger charge is 2.35. The number of rotatable bonds is 5. The molecule has 3 atom stereocenters. The average Bonchev–Trinajstić information content (AvgIpc) is 2.26. The van der Waals surface area contributed by atoms with Crippen LogP contribution in [0.2, 0.25) is 0 Å². The quantitative estimate of drug-likeness (QED) is 0.762. The Morgan fingerprint density at radius 3 is 2.67 bits per heavy atom. The maximum atomic E-state index is 10.4. The molecule has 2 nitrogen and oxygen atoms in total. The van der Waals surface area contributed by atoms with Crippen molar-refractivity contribution in [2.24, 2.45) is 11.8 Å². The number of aliphatic hydroxyl groups is 1. The predicted molar refractivity (Wildman–Crippen MR) is 62.9 cm³/mol. The van der Waals surface area contributed by atoms with E-state index in [0.717, 1.165) is 12.3 Å². The molecular weight excluding hydrogens is 188 g/mol. The summed E-state index contributed by atoms with van der Waals surface area (Å²) in [4.78, 5) is 0. The zero-order valence-electron chi connectivity index (χ0n) is 10.5. The fraction of sp³-hybridized carbons (Fsp3) is 1.00. The Morgan fingerprint density at radius 1 is 1.33 bits per heavy atom. The molecule has 90 valence electrons. The first-order valence-corrected chi connectivity index (χ1v) is 6.40. The Morgan fingerprint density at radius 2 is 2.07 bits per heavy atom. The van der Waals surface area contributed by atoms with Gasteiger partial charge in [-0.25, -0.2) is 0 Å². The maximum absolute atomic E-state index is 10.4. The monoisotopic (exact) mass is 214 g/mol. The van der Waals surface area contributed by atoms with E-state index in [2.05, 4.69) is 6.92 Å². The molecule has 0 saturated heterocycles. The van der Waals surface area contributed by atoms with Crippen molar-refractivity contribution in [3.05, 3.63) is 0 Å². The van der Waals surface area contributed by atoms with Crippen LogP contribution in [0.25, 0.3) is 0 Å². The first kappa shape index (κ1) is 13.0. The van der Waals surface area contributed by atoms with Gasteiger partial charge in [0.15, 0.2) is 0 Å². The smallest absolute Gasteiger partial charge is 0.0880 e. The highest BCUT2D eigenvalue weighted by molar-refractivity contribution is 4.86. The highest BCUT2D eigenvalue weighted by atomic mass is 16.5. The molecule has 0 aromatic rings. The van der Waals surface area contributed by atoms with Crippen LogP contribution in [-0.4, -0.2) is 23.9 Å². The molecule has 0 heterocycles. The predicted octanol–water partition coefficient (Wildman–Crippen LogP) is 2.99. The van der Waals surface area contributed by atoms with Crippen LogP contribution in [0.15, 0.2) is 0 Å². The minimum atomic E-state index is -0.621. The first-order chi connectivity index (χ1) is 7.10. The number of ether oxygens (including phenoxy) is 1. The van der Waals surface area contributed by atoms with Gasteiger partial charge in [0, 0.05) is 6.61 Å². The van der Waals surface area contributed by atoms with E-state index in [4.69, 9.17) is 4.74 Å². The van der Waals surface area contributed by atoms with E-state index in [0.29, 0.717) is 19.1 Å². The molecule has 3 unspecified atom stereocenters. The van der Waals surface area contributed by atoms with Crippen LogP contribution in [0.5, 0.6) is 0 Å². The Balaban J connectivity index is 2.45. The number of hydrogen-bond acceptors (Lipinski definition) is 2. The lowest BCUT2D eigenvalue weighted by Gasteiger charge is -2.38. The van der Waals surface area contributed by atoms with Gasteiger partial charge >= 0.3 is 0 Å². The molecule has 1 fully saturated rings. The van der Waals surface area contributed by atoms with Crippen LogP contribution >= 0.6 is 0 Å². The van der Waals surface area contributed by atoms with E-state index in [9.17, 15) is 5.11 Å². The second kappa shape index (κ2) is 5.86. The second-order valence-electron chi connectivity index (χ2n) is 5.13. The van der Waals surface area contributed by atoms with Gasteiger partial charge in [-0.2, -0.15) is 0 Å². The lowest BCUT2D eigenvalue weighted by molar-refractivity contribution is -0.0842. The summed E-state index contributed by atoms with van der Waals surface area (Å²) >= 11 is 0. The maximum Gasteiger partial charge on any atom is 0.0880 e. The molecule has 0 aromatic carbocycles. The van der Waals surface area contributed by atoms with Gasteiger partial charge in [0.1, 0.15) is 0 Å². The molecule has 0 bridgehead atoms. The topological polar surface area (TPSA) is 29.5 Å². The van der Waals surface area contributed by atoms with Crippen molar-refractivity contribution < 1.29 is 9.84 Å². The van der Waals surface area contributed by atoms with Crippen molar-refractivity contribution in [2.75, 3.05) is 13.2 Å². The zero-order valence-corrected chi connectivity index (χ0v) is 10.5. The molecule has 0 amide bonds. The van der Waals surface area contributed by atoms with Crippen molar-refractivity contribution in [2.45, 2.75) is 58.5 Å².